The summed E-state index contributed by atoms with van der Waals surface area (Å²) in [6, 6.07) is 0.198. The molecule has 2 aliphatic rings. The van der Waals surface area contributed by atoms with E-state index in [1.807, 2.05) is 13.8 Å². The minimum absolute atomic E-state index is 0.0927. The van der Waals surface area contributed by atoms with Gasteiger partial charge in [0.15, 0.2) is 0 Å². The van der Waals surface area contributed by atoms with E-state index in [2.05, 4.69) is 59.0 Å². The molecule has 2 unspecified atom stereocenters. The molecule has 1 aliphatic heterocycles. The van der Waals surface area contributed by atoms with Crippen molar-refractivity contribution in [2.24, 2.45) is 15.9 Å². The predicted octanol–water partition coefficient (Wildman–Crippen LogP) is 4.05. The van der Waals surface area contributed by atoms with Gasteiger partial charge in [-0.3, -0.25) is 14.8 Å². The van der Waals surface area contributed by atoms with Gasteiger partial charge in [0, 0.05) is 24.2 Å². The monoisotopic (exact) mass is 436 g/mol. The van der Waals surface area contributed by atoms with E-state index >= 15 is 0 Å². The van der Waals surface area contributed by atoms with Gasteiger partial charge in [0.05, 0.1) is 12.6 Å². The lowest BCUT2D eigenvalue weighted by atomic mass is 9.81. The fourth-order valence-electron chi connectivity index (χ4n) is 3.92. The number of nitrogens with zero attached hydrogens (tertiary/aromatic N) is 2. The number of aliphatic imine (C=N–C) groups is 2. The Morgan fingerprint density at radius 1 is 1.47 bits per heavy atom. The van der Waals surface area contributed by atoms with Gasteiger partial charge in [0.1, 0.15) is 18.9 Å². The molecule has 6 heteroatoms. The summed E-state index contributed by atoms with van der Waals surface area (Å²) < 4.78 is 5.34. The van der Waals surface area contributed by atoms with Crippen LogP contribution in [0.15, 0.2) is 75.1 Å². The van der Waals surface area contributed by atoms with Crippen LogP contribution in [-0.4, -0.2) is 51.3 Å². The molecule has 2 rings (SSSR count). The fraction of sp³-hybridized carbons (Fsp3) is 0.462. The van der Waals surface area contributed by atoms with E-state index < -0.39 is 0 Å². The zero-order chi connectivity index (χ0) is 23.2. The van der Waals surface area contributed by atoms with Crippen molar-refractivity contribution in [3.05, 3.63) is 65.1 Å². The number of hydrogen-bond donors (Lipinski definition) is 2. The Balaban J connectivity index is 2.31. The first kappa shape index (κ1) is 25.5. The van der Waals surface area contributed by atoms with Crippen molar-refractivity contribution in [1.29, 1.82) is 0 Å². The lowest BCUT2D eigenvalue weighted by Gasteiger charge is -2.27. The molecule has 0 amide bonds. The Bertz CT molecular complexity index is 851. The third-order valence-electron chi connectivity index (χ3n) is 5.67. The third kappa shape index (κ3) is 7.72. The molecule has 1 saturated heterocycles. The number of allylic oxidation sites excluding steroid dienone is 5. The van der Waals surface area contributed by atoms with E-state index in [-0.39, 0.29) is 12.0 Å². The van der Waals surface area contributed by atoms with Crippen LogP contribution < -0.4 is 10.6 Å². The van der Waals surface area contributed by atoms with Gasteiger partial charge in [0.2, 0.25) is 0 Å². The minimum atomic E-state index is 0.0927. The molecule has 0 saturated carbocycles. The van der Waals surface area contributed by atoms with Gasteiger partial charge in [-0.05, 0) is 69.5 Å². The van der Waals surface area contributed by atoms with Crippen molar-refractivity contribution >= 4 is 18.8 Å². The normalized spacial score (nSPS) is 22.4. The molecule has 0 spiro atoms. The predicted molar refractivity (Wildman–Crippen MR) is 133 cm³/mol. The van der Waals surface area contributed by atoms with E-state index in [1.165, 1.54) is 0 Å². The molecule has 1 aliphatic carbocycles. The topological polar surface area (TPSA) is 75.1 Å². The maximum atomic E-state index is 11.9. The van der Waals surface area contributed by atoms with Gasteiger partial charge in [-0.1, -0.05) is 30.9 Å². The second-order valence-electron chi connectivity index (χ2n) is 7.87. The van der Waals surface area contributed by atoms with Gasteiger partial charge >= 0.3 is 0 Å². The highest BCUT2D eigenvalue weighted by Crippen LogP contribution is 2.33. The van der Waals surface area contributed by atoms with Crippen LogP contribution in [0.3, 0.4) is 0 Å². The molecule has 0 aromatic rings. The smallest absolute Gasteiger partial charge is 0.146 e. The molecule has 2 N–H and O–H groups in total. The molecular weight excluding hydrogens is 400 g/mol. The first-order chi connectivity index (χ1) is 15.6. The molecule has 0 radical (unpaired) electrons. The van der Waals surface area contributed by atoms with Crippen LogP contribution in [0.1, 0.15) is 39.5 Å². The summed E-state index contributed by atoms with van der Waals surface area (Å²) in [7, 11) is 0. The van der Waals surface area contributed by atoms with Crippen LogP contribution >= 0.6 is 0 Å². The minimum Gasteiger partial charge on any atom is -0.359 e. The molecule has 0 bridgehead atoms. The highest BCUT2D eigenvalue weighted by Gasteiger charge is 2.24. The lowest BCUT2D eigenvalue weighted by Crippen LogP contribution is -2.35. The molecule has 1 heterocycles. The second-order valence-corrected chi connectivity index (χ2v) is 7.87. The zero-order valence-corrected chi connectivity index (χ0v) is 19.4. The average Bonchev–Trinajstić information content (AvgIpc) is 2.82. The van der Waals surface area contributed by atoms with Crippen LogP contribution in [-0.2, 0) is 9.53 Å². The number of aldehydes is 1. The molecule has 6 nitrogen and oxygen atoms in total. The zero-order valence-electron chi connectivity index (χ0n) is 19.4. The number of carbonyl (C=O) groups excluding carboxylic acids is 1. The first-order valence-electron chi connectivity index (χ1n) is 11.2. The Kier molecular flexibility index (Phi) is 11.4. The lowest BCUT2D eigenvalue weighted by molar-refractivity contribution is -0.105. The summed E-state index contributed by atoms with van der Waals surface area (Å²) in [5, 5.41) is 6.66. The number of hydrogen-bond acceptors (Lipinski definition) is 5. The molecule has 0 aromatic carbocycles. The van der Waals surface area contributed by atoms with E-state index in [9.17, 15) is 4.79 Å². The van der Waals surface area contributed by atoms with E-state index in [4.69, 9.17) is 9.73 Å². The Morgan fingerprint density at radius 2 is 2.31 bits per heavy atom. The van der Waals surface area contributed by atoms with Crippen molar-refractivity contribution in [1.82, 2.24) is 10.6 Å². The van der Waals surface area contributed by atoms with Crippen LogP contribution in [0.25, 0.3) is 0 Å². The van der Waals surface area contributed by atoms with Gasteiger partial charge in [0.25, 0.3) is 0 Å². The summed E-state index contributed by atoms with van der Waals surface area (Å²) in [6.07, 6.45) is 14.8. The molecule has 0 aromatic heterocycles. The third-order valence-corrected chi connectivity index (χ3v) is 5.67. The molecule has 172 valence electrons. The van der Waals surface area contributed by atoms with Crippen LogP contribution in [0.4, 0.5) is 0 Å². The Labute approximate surface area is 192 Å². The Morgan fingerprint density at radius 3 is 2.97 bits per heavy atom. The summed E-state index contributed by atoms with van der Waals surface area (Å²) in [4.78, 5) is 20.6. The number of ether oxygens (including phenoxy) is 1. The maximum Gasteiger partial charge on any atom is 0.146 e. The molecular formula is C26H36N4O2. The highest BCUT2D eigenvalue weighted by molar-refractivity contribution is 6.04. The number of rotatable bonds is 11. The summed E-state index contributed by atoms with van der Waals surface area (Å²) in [6.45, 7) is 13.9. The van der Waals surface area contributed by atoms with Crippen LogP contribution in [0.2, 0.25) is 0 Å². The van der Waals surface area contributed by atoms with Gasteiger partial charge in [-0.25, -0.2) is 0 Å². The number of nitrogens with one attached hydrogen (secondary N) is 2. The van der Waals surface area contributed by atoms with Crippen molar-refractivity contribution in [3.63, 3.8) is 0 Å². The number of piperidine rings is 1. The SMILES string of the molecule is C=C=CNC(=NC1CCCNC1)C1=CC(C(C=CCCOCN=C)=CC)CC(C=O)=C1C. The van der Waals surface area contributed by atoms with Gasteiger partial charge in [-0.2, -0.15) is 0 Å². The van der Waals surface area contributed by atoms with Crippen molar-refractivity contribution in [2.45, 2.75) is 45.6 Å². The van der Waals surface area contributed by atoms with Gasteiger partial charge in [-0.15, -0.1) is 5.73 Å². The maximum absolute atomic E-state index is 11.9. The standard InChI is InChI=1S/C26H36N4O2/c1-5-12-29-26(30-24-11-9-13-28-17-24)25-16-22(15-23(18-31)20(25)3)21(6-2)10-7-8-14-32-19-27-4/h6-7,10,12,16,18,22,24,28H,1,4,8-9,11,13-15,17,19H2,2-3H3,(H,29,30). The van der Waals surface area contributed by atoms with Crippen molar-refractivity contribution in [3.8, 4) is 0 Å². The summed E-state index contributed by atoms with van der Waals surface area (Å²) in [5.41, 5.74) is 6.67. The average molecular weight is 437 g/mol. The first-order valence-corrected chi connectivity index (χ1v) is 11.2. The second kappa shape index (κ2) is 14.3. The molecule has 32 heavy (non-hydrogen) atoms. The number of carbonyl (C=O) groups is 1. The van der Waals surface area contributed by atoms with Gasteiger partial charge < -0.3 is 15.4 Å². The summed E-state index contributed by atoms with van der Waals surface area (Å²) in [5.74, 6) is 0.858. The number of amidine groups is 1. The van der Waals surface area contributed by atoms with Crippen LogP contribution in [0, 0.1) is 5.92 Å². The molecule has 2 atom stereocenters. The fourth-order valence-corrected chi connectivity index (χ4v) is 3.92. The summed E-state index contributed by atoms with van der Waals surface area (Å²) >= 11 is 0. The van der Waals surface area contributed by atoms with Crippen molar-refractivity contribution < 1.29 is 9.53 Å². The van der Waals surface area contributed by atoms with E-state index in [1.54, 1.807) is 6.20 Å². The largest absolute Gasteiger partial charge is 0.359 e. The highest BCUT2D eigenvalue weighted by atomic mass is 16.5. The van der Waals surface area contributed by atoms with E-state index in [0.29, 0.717) is 19.8 Å². The van der Waals surface area contributed by atoms with E-state index in [0.717, 1.165) is 66.8 Å². The Hall–Kier alpha value is -2.79. The molecule has 1 fully saturated rings. The quantitative estimate of drug-likeness (QED) is 0.128. The van der Waals surface area contributed by atoms with Crippen molar-refractivity contribution in [2.75, 3.05) is 26.4 Å². The van der Waals surface area contributed by atoms with Crippen LogP contribution in [0.5, 0.6) is 0 Å².